The molecule has 3 heterocycles. The summed E-state index contributed by atoms with van der Waals surface area (Å²) >= 11 is 0. The lowest BCUT2D eigenvalue weighted by molar-refractivity contribution is 0.0927. The molecule has 0 aliphatic carbocycles. The van der Waals surface area contributed by atoms with Gasteiger partial charge in [-0.25, -0.2) is 9.88 Å². The van der Waals surface area contributed by atoms with Crippen molar-refractivity contribution in [1.82, 2.24) is 14.8 Å². The first-order valence-corrected chi connectivity index (χ1v) is 8.27. The van der Waals surface area contributed by atoms with Gasteiger partial charge in [-0.1, -0.05) is 36.4 Å². The summed E-state index contributed by atoms with van der Waals surface area (Å²) in [5.41, 5.74) is 2.59. The average Bonchev–Trinajstić information content (AvgIpc) is 3.08. The largest absolute Gasteiger partial charge is 0.268 e. The molecule has 0 N–H and O–H groups in total. The van der Waals surface area contributed by atoms with E-state index in [1.54, 1.807) is 17.8 Å². The van der Waals surface area contributed by atoms with Crippen LogP contribution >= 0.6 is 0 Å². The number of aromatic nitrogens is 3. The number of aryl methyl sites for hydroxylation is 2. The molecular weight excluding hydrogens is 328 g/mol. The first-order chi connectivity index (χ1) is 12.6. The van der Waals surface area contributed by atoms with E-state index in [0.717, 1.165) is 10.8 Å². The summed E-state index contributed by atoms with van der Waals surface area (Å²) in [5, 5.41) is 6.82. The normalized spacial score (nSPS) is 13.8. The number of amides is 2. The third kappa shape index (κ3) is 1.75. The highest BCUT2D eigenvalue weighted by Gasteiger charge is 2.40. The molecule has 126 valence electrons. The molecule has 1 aliphatic rings. The van der Waals surface area contributed by atoms with Gasteiger partial charge in [-0.05, 0) is 18.4 Å². The van der Waals surface area contributed by atoms with Crippen molar-refractivity contribution in [2.75, 3.05) is 4.90 Å². The number of hydrogen-bond donors (Lipinski definition) is 0. The second-order valence-electron chi connectivity index (χ2n) is 6.40. The molecule has 1 aliphatic heterocycles. The van der Waals surface area contributed by atoms with Crippen LogP contribution in [0.4, 0.5) is 5.69 Å². The van der Waals surface area contributed by atoms with Crippen molar-refractivity contribution in [2.45, 2.75) is 6.92 Å². The minimum atomic E-state index is -0.348. The Morgan fingerprint density at radius 3 is 2.58 bits per heavy atom. The number of benzene rings is 2. The Kier molecular flexibility index (Phi) is 2.83. The van der Waals surface area contributed by atoms with Crippen molar-refractivity contribution in [3.63, 3.8) is 0 Å². The highest BCUT2D eigenvalue weighted by molar-refractivity contribution is 6.38. The van der Waals surface area contributed by atoms with Crippen molar-refractivity contribution in [1.29, 1.82) is 0 Å². The molecule has 0 fully saturated rings. The topological polar surface area (TPSA) is 68.1 Å². The number of carbonyl (C=O) groups is 2. The summed E-state index contributed by atoms with van der Waals surface area (Å²) in [6.07, 6.45) is 1.48. The molecule has 0 spiro atoms. The molecule has 2 aromatic carbocycles. The second-order valence-corrected chi connectivity index (χ2v) is 6.40. The zero-order valence-electron chi connectivity index (χ0n) is 14.2. The van der Waals surface area contributed by atoms with Crippen molar-refractivity contribution >= 4 is 39.3 Å². The van der Waals surface area contributed by atoms with E-state index in [-0.39, 0.29) is 11.8 Å². The zero-order chi connectivity index (χ0) is 18.0. The smallest absolute Gasteiger partial charge is 0.267 e. The molecule has 2 amide bonds. The Hall–Kier alpha value is -3.54. The number of hydrogen-bond acceptors (Lipinski definition) is 4. The van der Waals surface area contributed by atoms with Gasteiger partial charge in [-0.15, -0.1) is 0 Å². The lowest BCUT2D eigenvalue weighted by Crippen LogP contribution is -2.29. The molecule has 6 nitrogen and oxygen atoms in total. The zero-order valence-corrected chi connectivity index (χ0v) is 14.2. The van der Waals surface area contributed by atoms with Crippen LogP contribution in [0.2, 0.25) is 0 Å². The summed E-state index contributed by atoms with van der Waals surface area (Å²) in [5.74, 6) is -0.677. The maximum atomic E-state index is 13.3. The van der Waals surface area contributed by atoms with E-state index in [2.05, 4.69) is 10.1 Å². The van der Waals surface area contributed by atoms with E-state index in [4.69, 9.17) is 0 Å². The number of pyridine rings is 1. The van der Waals surface area contributed by atoms with Crippen molar-refractivity contribution in [3.8, 4) is 0 Å². The van der Waals surface area contributed by atoms with Crippen LogP contribution in [0.1, 0.15) is 26.4 Å². The van der Waals surface area contributed by atoms with Crippen LogP contribution in [0.3, 0.4) is 0 Å². The van der Waals surface area contributed by atoms with Gasteiger partial charge in [0, 0.05) is 18.6 Å². The molecule has 0 radical (unpaired) electrons. The molecule has 0 bridgehead atoms. The first kappa shape index (κ1) is 14.8. The summed E-state index contributed by atoms with van der Waals surface area (Å²) in [4.78, 5) is 31.9. The molecule has 2 aromatic heterocycles. The lowest BCUT2D eigenvalue weighted by atomic mass is 10.1. The van der Waals surface area contributed by atoms with Crippen LogP contribution in [0.5, 0.6) is 0 Å². The Morgan fingerprint density at radius 2 is 1.73 bits per heavy atom. The predicted molar refractivity (Wildman–Crippen MR) is 98.3 cm³/mol. The molecule has 0 saturated heterocycles. The van der Waals surface area contributed by atoms with Crippen molar-refractivity contribution in [2.24, 2.45) is 7.05 Å². The Morgan fingerprint density at radius 1 is 0.962 bits per heavy atom. The fourth-order valence-corrected chi connectivity index (χ4v) is 3.74. The SMILES string of the molecule is Cc1nn(C)c2ncc3c(c12)C(=O)N(c1cccc2ccccc12)C3=O. The number of nitrogens with zero attached hydrogens (tertiary/aromatic N) is 4. The number of carbonyl (C=O) groups excluding carboxylic acids is 2. The number of rotatable bonds is 1. The molecule has 6 heteroatoms. The van der Waals surface area contributed by atoms with Gasteiger partial charge in [0.2, 0.25) is 0 Å². The van der Waals surface area contributed by atoms with Gasteiger partial charge in [0.15, 0.2) is 5.65 Å². The Bertz CT molecular complexity index is 1250. The lowest BCUT2D eigenvalue weighted by Gasteiger charge is -2.16. The van der Waals surface area contributed by atoms with Crippen molar-refractivity contribution < 1.29 is 9.59 Å². The third-order valence-electron chi connectivity index (χ3n) is 4.89. The van der Waals surface area contributed by atoms with E-state index < -0.39 is 0 Å². The van der Waals surface area contributed by atoms with E-state index in [1.807, 2.05) is 43.3 Å². The fourth-order valence-electron chi connectivity index (χ4n) is 3.74. The maximum absolute atomic E-state index is 13.3. The van der Waals surface area contributed by atoms with E-state index in [1.165, 1.54) is 11.1 Å². The third-order valence-corrected chi connectivity index (χ3v) is 4.89. The van der Waals surface area contributed by atoms with Crippen LogP contribution in [-0.4, -0.2) is 26.6 Å². The quantitative estimate of drug-likeness (QED) is 0.498. The van der Waals surface area contributed by atoms with Crippen molar-refractivity contribution in [3.05, 3.63) is 65.5 Å². The van der Waals surface area contributed by atoms with Gasteiger partial charge < -0.3 is 0 Å². The summed E-state index contributed by atoms with van der Waals surface area (Å²) < 4.78 is 1.63. The minimum Gasteiger partial charge on any atom is -0.268 e. The molecule has 0 atom stereocenters. The van der Waals surface area contributed by atoms with Crippen LogP contribution < -0.4 is 4.90 Å². The average molecular weight is 342 g/mol. The first-order valence-electron chi connectivity index (χ1n) is 8.27. The fraction of sp³-hybridized carbons (Fsp3) is 0.100. The highest BCUT2D eigenvalue weighted by Crippen LogP contribution is 2.36. The number of fused-ring (bicyclic) bond motifs is 4. The highest BCUT2D eigenvalue weighted by atomic mass is 16.2. The summed E-state index contributed by atoms with van der Waals surface area (Å²) in [7, 11) is 1.78. The van der Waals surface area contributed by atoms with Gasteiger partial charge >= 0.3 is 0 Å². The van der Waals surface area contributed by atoms with Gasteiger partial charge in [-0.2, -0.15) is 5.10 Å². The molecule has 4 aromatic rings. The predicted octanol–water partition coefficient (Wildman–Crippen LogP) is 3.23. The molecule has 0 saturated carbocycles. The second kappa shape index (κ2) is 4.98. The number of imide groups is 1. The van der Waals surface area contributed by atoms with Crippen LogP contribution in [0, 0.1) is 6.92 Å². The molecule has 5 rings (SSSR count). The maximum Gasteiger partial charge on any atom is 0.267 e. The van der Waals surface area contributed by atoms with Crippen LogP contribution in [0.15, 0.2) is 48.7 Å². The van der Waals surface area contributed by atoms with E-state index in [9.17, 15) is 9.59 Å². The van der Waals surface area contributed by atoms with Gasteiger partial charge in [0.1, 0.15) is 0 Å². The standard InChI is InChI=1S/C20H14N4O2/c1-11-16-17-14(10-21-18(16)23(2)22-11)19(25)24(20(17)26)15-9-5-7-12-6-3-4-8-13(12)15/h3-10H,1-2H3. The van der Waals surface area contributed by atoms with Gasteiger partial charge in [0.25, 0.3) is 11.8 Å². The summed E-state index contributed by atoms with van der Waals surface area (Å²) in [6, 6.07) is 13.3. The summed E-state index contributed by atoms with van der Waals surface area (Å²) in [6.45, 7) is 1.82. The van der Waals surface area contributed by atoms with E-state index >= 15 is 0 Å². The Balaban J connectivity index is 1.79. The van der Waals surface area contributed by atoms with Crippen LogP contribution in [-0.2, 0) is 7.05 Å². The number of anilines is 1. The molecule has 0 unspecified atom stereocenters. The van der Waals surface area contributed by atoms with Crippen LogP contribution in [0.25, 0.3) is 21.8 Å². The van der Waals surface area contributed by atoms with E-state index in [0.29, 0.717) is 33.5 Å². The monoisotopic (exact) mass is 342 g/mol. The minimum absolute atomic E-state index is 0.325. The molecular formula is C20H14N4O2. The molecule has 26 heavy (non-hydrogen) atoms. The van der Waals surface area contributed by atoms with Gasteiger partial charge in [0.05, 0.1) is 27.9 Å². The Labute approximate surface area is 148 Å². The van der Waals surface area contributed by atoms with Gasteiger partial charge in [-0.3, -0.25) is 14.3 Å².